The summed E-state index contributed by atoms with van der Waals surface area (Å²) in [5, 5.41) is 0. The van der Waals surface area contributed by atoms with Gasteiger partial charge in [0.05, 0.1) is 0 Å². The fourth-order valence-corrected chi connectivity index (χ4v) is 3.60. The van der Waals surface area contributed by atoms with Crippen LogP contribution in [0.5, 0.6) is 0 Å². The molecule has 1 saturated carbocycles. The quantitative estimate of drug-likeness (QED) is 0.806. The smallest absolute Gasteiger partial charge is 0.341 e. The van der Waals surface area contributed by atoms with E-state index in [1.807, 2.05) is 44.2 Å². The standard InChI is InChI=1S/C18H21NO3/c1-12(2)18(14-9-6-10-15(20)11-14)17(21)22-16(19-18)13-7-4-3-5-8-13/h3-5,7-8,12,14H,6,9-11H2,1-2H3/t14-,18+/m0/s1. The molecule has 4 heteroatoms. The third-order valence-corrected chi connectivity index (χ3v) is 4.81. The van der Waals surface area contributed by atoms with Crippen molar-refractivity contribution < 1.29 is 14.3 Å². The van der Waals surface area contributed by atoms with Crippen molar-refractivity contribution in [2.24, 2.45) is 16.8 Å². The molecule has 22 heavy (non-hydrogen) atoms. The zero-order valence-electron chi connectivity index (χ0n) is 13.0. The molecule has 1 aromatic carbocycles. The Balaban J connectivity index is 2.01. The number of carbonyl (C=O) groups excluding carboxylic acids is 2. The number of rotatable bonds is 3. The van der Waals surface area contributed by atoms with E-state index in [2.05, 4.69) is 0 Å². The average molecular weight is 299 g/mol. The summed E-state index contributed by atoms with van der Waals surface area (Å²) in [6, 6.07) is 9.47. The first-order valence-corrected chi connectivity index (χ1v) is 7.93. The van der Waals surface area contributed by atoms with Crippen molar-refractivity contribution in [3.05, 3.63) is 35.9 Å². The number of ketones is 1. The molecule has 1 heterocycles. The van der Waals surface area contributed by atoms with Gasteiger partial charge in [-0.1, -0.05) is 32.0 Å². The second-order valence-electron chi connectivity index (χ2n) is 6.48. The number of Topliss-reactive ketones (excluding diaryl/α,β-unsaturated/α-hetero) is 1. The van der Waals surface area contributed by atoms with Crippen LogP contribution < -0.4 is 0 Å². The first kappa shape index (κ1) is 14.9. The van der Waals surface area contributed by atoms with Crippen molar-refractivity contribution in [1.82, 2.24) is 0 Å². The summed E-state index contributed by atoms with van der Waals surface area (Å²) in [4.78, 5) is 29.3. The molecule has 3 rings (SSSR count). The first-order valence-electron chi connectivity index (χ1n) is 7.93. The van der Waals surface area contributed by atoms with Gasteiger partial charge >= 0.3 is 5.97 Å². The van der Waals surface area contributed by atoms with Crippen LogP contribution in [0, 0.1) is 11.8 Å². The minimum atomic E-state index is -0.915. The van der Waals surface area contributed by atoms with Crippen LogP contribution in [0.25, 0.3) is 0 Å². The molecule has 1 aromatic rings. The Kier molecular flexibility index (Phi) is 3.85. The third kappa shape index (κ3) is 2.36. The molecular formula is C18H21NO3. The Morgan fingerprint density at radius 2 is 1.95 bits per heavy atom. The van der Waals surface area contributed by atoms with E-state index in [1.54, 1.807) is 0 Å². The molecule has 2 aliphatic rings. The Hall–Kier alpha value is -1.97. The van der Waals surface area contributed by atoms with E-state index in [9.17, 15) is 9.59 Å². The topological polar surface area (TPSA) is 55.7 Å². The molecule has 4 nitrogen and oxygen atoms in total. The van der Waals surface area contributed by atoms with Crippen LogP contribution in [0.3, 0.4) is 0 Å². The monoisotopic (exact) mass is 299 g/mol. The van der Waals surface area contributed by atoms with Gasteiger partial charge in [0.2, 0.25) is 5.90 Å². The fourth-order valence-electron chi connectivity index (χ4n) is 3.60. The van der Waals surface area contributed by atoms with E-state index in [-0.39, 0.29) is 23.6 Å². The number of aliphatic imine (C=N–C) groups is 1. The highest BCUT2D eigenvalue weighted by molar-refractivity contribution is 6.08. The Bertz CT molecular complexity index is 620. The van der Waals surface area contributed by atoms with Crippen molar-refractivity contribution in [1.29, 1.82) is 0 Å². The first-order chi connectivity index (χ1) is 10.5. The number of cyclic esters (lactones) is 1. The molecule has 0 N–H and O–H groups in total. The van der Waals surface area contributed by atoms with Gasteiger partial charge in [0.1, 0.15) is 5.78 Å². The lowest BCUT2D eigenvalue weighted by atomic mass is 9.69. The van der Waals surface area contributed by atoms with Gasteiger partial charge in [0, 0.05) is 24.3 Å². The maximum Gasteiger partial charge on any atom is 0.341 e. The van der Waals surface area contributed by atoms with Gasteiger partial charge in [-0.2, -0.15) is 0 Å². The average Bonchev–Trinajstić information content (AvgIpc) is 2.87. The molecule has 1 aliphatic heterocycles. The number of benzene rings is 1. The maximum absolute atomic E-state index is 12.7. The summed E-state index contributed by atoms with van der Waals surface area (Å²) in [5.74, 6) is 0.255. The highest BCUT2D eigenvalue weighted by Crippen LogP contribution is 2.43. The second-order valence-corrected chi connectivity index (χ2v) is 6.48. The van der Waals surface area contributed by atoms with Crippen molar-refractivity contribution in [2.45, 2.75) is 45.1 Å². The molecular weight excluding hydrogens is 278 g/mol. The van der Waals surface area contributed by atoms with E-state index in [0.29, 0.717) is 18.7 Å². The lowest BCUT2D eigenvalue weighted by Gasteiger charge is -2.36. The molecule has 0 unspecified atom stereocenters. The number of carbonyl (C=O) groups is 2. The van der Waals surface area contributed by atoms with Crippen molar-refractivity contribution in [3.8, 4) is 0 Å². The van der Waals surface area contributed by atoms with Crippen LogP contribution in [0.1, 0.15) is 45.1 Å². The Morgan fingerprint density at radius 1 is 1.23 bits per heavy atom. The van der Waals surface area contributed by atoms with Crippen LogP contribution in [-0.2, 0) is 14.3 Å². The second kappa shape index (κ2) is 5.67. The van der Waals surface area contributed by atoms with Crippen molar-refractivity contribution in [2.75, 3.05) is 0 Å². The summed E-state index contributed by atoms with van der Waals surface area (Å²) in [6.45, 7) is 3.97. The SMILES string of the molecule is CC(C)[C@]1([C@H]2CCCC(=O)C2)N=C(c2ccccc2)OC1=O. The van der Waals surface area contributed by atoms with Gasteiger partial charge in [-0.05, 0) is 30.9 Å². The van der Waals surface area contributed by atoms with Crippen LogP contribution in [0.4, 0.5) is 0 Å². The van der Waals surface area contributed by atoms with Crippen molar-refractivity contribution in [3.63, 3.8) is 0 Å². The summed E-state index contributed by atoms with van der Waals surface area (Å²) < 4.78 is 5.51. The van der Waals surface area contributed by atoms with Crippen LogP contribution >= 0.6 is 0 Å². The molecule has 0 saturated heterocycles. The van der Waals surface area contributed by atoms with Gasteiger partial charge in [-0.25, -0.2) is 9.79 Å². The molecule has 0 spiro atoms. The minimum Gasteiger partial charge on any atom is -0.405 e. The summed E-state index contributed by atoms with van der Waals surface area (Å²) >= 11 is 0. The lowest BCUT2D eigenvalue weighted by molar-refractivity contribution is -0.144. The molecule has 0 aromatic heterocycles. The van der Waals surface area contributed by atoms with Crippen molar-refractivity contribution >= 4 is 17.7 Å². The van der Waals surface area contributed by atoms with Gasteiger partial charge in [-0.15, -0.1) is 0 Å². The Labute approximate surface area is 130 Å². The largest absolute Gasteiger partial charge is 0.405 e. The van der Waals surface area contributed by atoms with E-state index in [4.69, 9.17) is 9.73 Å². The predicted octanol–water partition coefficient (Wildman–Crippen LogP) is 3.14. The Morgan fingerprint density at radius 3 is 2.59 bits per heavy atom. The number of hydrogen-bond acceptors (Lipinski definition) is 4. The molecule has 0 bridgehead atoms. The van der Waals surface area contributed by atoms with Crippen LogP contribution in [-0.4, -0.2) is 23.2 Å². The fraction of sp³-hybridized carbons (Fsp3) is 0.500. The van der Waals surface area contributed by atoms with Gasteiger partial charge in [-0.3, -0.25) is 4.79 Å². The normalized spacial score (nSPS) is 28.7. The molecule has 0 radical (unpaired) electrons. The number of nitrogens with zero attached hydrogens (tertiary/aromatic N) is 1. The van der Waals surface area contributed by atoms with Gasteiger partial charge in [0.15, 0.2) is 5.54 Å². The zero-order chi connectivity index (χ0) is 15.7. The summed E-state index contributed by atoms with van der Waals surface area (Å²) in [5.41, 5.74) is -0.109. The molecule has 1 fully saturated rings. The van der Waals surface area contributed by atoms with E-state index in [1.165, 1.54) is 0 Å². The van der Waals surface area contributed by atoms with Crippen LogP contribution in [0.15, 0.2) is 35.3 Å². The minimum absolute atomic E-state index is 0.00267. The summed E-state index contributed by atoms with van der Waals surface area (Å²) in [6.07, 6.45) is 2.74. The van der Waals surface area contributed by atoms with Gasteiger partial charge < -0.3 is 4.74 Å². The zero-order valence-corrected chi connectivity index (χ0v) is 13.0. The molecule has 0 amide bonds. The third-order valence-electron chi connectivity index (χ3n) is 4.81. The summed E-state index contributed by atoms with van der Waals surface area (Å²) in [7, 11) is 0. The number of ether oxygens (including phenoxy) is 1. The predicted molar refractivity (Wildman–Crippen MR) is 83.6 cm³/mol. The number of hydrogen-bond donors (Lipinski definition) is 0. The molecule has 1 aliphatic carbocycles. The lowest BCUT2D eigenvalue weighted by Crippen LogP contribution is -2.48. The van der Waals surface area contributed by atoms with Crippen LogP contribution in [0.2, 0.25) is 0 Å². The van der Waals surface area contributed by atoms with E-state index < -0.39 is 5.54 Å². The highest BCUT2D eigenvalue weighted by Gasteiger charge is 2.54. The highest BCUT2D eigenvalue weighted by atomic mass is 16.6. The van der Waals surface area contributed by atoms with E-state index >= 15 is 0 Å². The van der Waals surface area contributed by atoms with Gasteiger partial charge in [0.25, 0.3) is 0 Å². The molecule has 2 atom stereocenters. The maximum atomic E-state index is 12.7. The molecule has 116 valence electrons. The van der Waals surface area contributed by atoms with E-state index in [0.717, 1.165) is 18.4 Å². The number of esters is 1.